The lowest BCUT2D eigenvalue weighted by atomic mass is 9.76. The molecule has 4 unspecified atom stereocenters. The zero-order valence-electron chi connectivity index (χ0n) is 24.9. The number of fused-ring (bicyclic) bond motifs is 1. The molecule has 3 aromatic carbocycles. The van der Waals surface area contributed by atoms with Crippen molar-refractivity contribution in [1.82, 2.24) is 4.90 Å². The van der Waals surface area contributed by atoms with Gasteiger partial charge >= 0.3 is 0 Å². The fourth-order valence-corrected chi connectivity index (χ4v) is 7.60. The van der Waals surface area contributed by atoms with Crippen molar-refractivity contribution in [3.63, 3.8) is 0 Å². The van der Waals surface area contributed by atoms with Gasteiger partial charge in [-0.3, -0.25) is 9.59 Å². The standard InChI is InChI=1S/C36H39FN4O2/c1-22-13-16-29(19-26(22)21-38)40-35(42)30-20-25-8-6-12-32(25)41(36(43)33-23(2)7-5-11-31(33)37)34(30)24-14-17-28(18-15-24)39-27-9-3-4-10-27/h5,7,11,13-19,25,27,30,32,34,39H,3-4,6,8-10,12,20H2,1-2H3,(H,40,42). The highest BCUT2D eigenvalue weighted by Gasteiger charge is 2.50. The summed E-state index contributed by atoms with van der Waals surface area (Å²) in [7, 11) is 0. The molecular weight excluding hydrogens is 539 g/mol. The Hall–Kier alpha value is -4.18. The Kier molecular flexibility index (Phi) is 8.21. The molecule has 3 aromatic rings. The summed E-state index contributed by atoms with van der Waals surface area (Å²) in [4.78, 5) is 30.4. The summed E-state index contributed by atoms with van der Waals surface area (Å²) in [5.41, 5.74) is 4.46. The van der Waals surface area contributed by atoms with Gasteiger partial charge in [0.2, 0.25) is 5.91 Å². The summed E-state index contributed by atoms with van der Waals surface area (Å²) in [6.07, 6.45) is 8.15. The predicted octanol–water partition coefficient (Wildman–Crippen LogP) is 7.68. The van der Waals surface area contributed by atoms with E-state index in [2.05, 4.69) is 16.7 Å². The van der Waals surface area contributed by atoms with Crippen molar-refractivity contribution in [2.24, 2.45) is 11.8 Å². The van der Waals surface area contributed by atoms with E-state index >= 15 is 4.39 Å². The van der Waals surface area contributed by atoms with Crippen LogP contribution in [-0.4, -0.2) is 28.8 Å². The second kappa shape index (κ2) is 12.2. The van der Waals surface area contributed by atoms with Crippen LogP contribution in [0.2, 0.25) is 0 Å². The summed E-state index contributed by atoms with van der Waals surface area (Å²) in [5.74, 6) is -1.48. The molecule has 3 aliphatic rings. The number of nitrogens with one attached hydrogen (secondary N) is 2. The van der Waals surface area contributed by atoms with Gasteiger partial charge in [-0.15, -0.1) is 0 Å². The van der Waals surface area contributed by atoms with Gasteiger partial charge in [0.1, 0.15) is 5.82 Å². The number of likely N-dealkylation sites (tertiary alicyclic amines) is 1. The molecule has 6 nitrogen and oxygen atoms in total. The quantitative estimate of drug-likeness (QED) is 0.314. The minimum Gasteiger partial charge on any atom is -0.382 e. The number of halogens is 1. The number of piperidine rings is 1. The van der Waals surface area contributed by atoms with Gasteiger partial charge in [0.15, 0.2) is 0 Å². The molecule has 0 aromatic heterocycles. The first-order chi connectivity index (χ1) is 20.8. The van der Waals surface area contributed by atoms with E-state index in [0.29, 0.717) is 29.3 Å². The van der Waals surface area contributed by atoms with Gasteiger partial charge in [-0.05, 0) is 98.9 Å². The third-order valence-electron chi connectivity index (χ3n) is 9.82. The molecule has 1 heterocycles. The molecule has 1 aliphatic heterocycles. The Morgan fingerprint density at radius 2 is 1.65 bits per heavy atom. The van der Waals surface area contributed by atoms with Gasteiger partial charge in [0, 0.05) is 23.5 Å². The van der Waals surface area contributed by atoms with Gasteiger partial charge in [-0.25, -0.2) is 4.39 Å². The number of nitrogens with zero attached hydrogens (tertiary/aromatic N) is 2. The molecular formula is C36H39FN4O2. The topological polar surface area (TPSA) is 85.2 Å². The predicted molar refractivity (Wildman–Crippen MR) is 166 cm³/mol. The molecule has 2 saturated carbocycles. The van der Waals surface area contributed by atoms with Crippen molar-refractivity contribution in [2.45, 2.75) is 83.3 Å². The highest BCUT2D eigenvalue weighted by molar-refractivity contribution is 5.98. The van der Waals surface area contributed by atoms with Crippen molar-refractivity contribution in [3.05, 3.63) is 94.3 Å². The maximum absolute atomic E-state index is 15.3. The second-order valence-electron chi connectivity index (χ2n) is 12.6. The number of hydrogen-bond acceptors (Lipinski definition) is 4. The van der Waals surface area contributed by atoms with Crippen molar-refractivity contribution in [1.29, 1.82) is 5.26 Å². The molecule has 0 spiro atoms. The molecule has 222 valence electrons. The van der Waals surface area contributed by atoms with Crippen LogP contribution < -0.4 is 10.6 Å². The summed E-state index contributed by atoms with van der Waals surface area (Å²) < 4.78 is 15.3. The monoisotopic (exact) mass is 578 g/mol. The van der Waals surface area contributed by atoms with E-state index < -0.39 is 17.8 Å². The van der Waals surface area contributed by atoms with Crippen LogP contribution in [0.5, 0.6) is 0 Å². The molecule has 6 rings (SSSR count). The second-order valence-corrected chi connectivity index (χ2v) is 12.6. The molecule has 2 amide bonds. The largest absolute Gasteiger partial charge is 0.382 e. The van der Waals surface area contributed by atoms with Crippen molar-refractivity contribution < 1.29 is 14.0 Å². The van der Waals surface area contributed by atoms with Crippen LogP contribution in [0.1, 0.15) is 90.0 Å². The van der Waals surface area contributed by atoms with E-state index in [4.69, 9.17) is 0 Å². The van der Waals surface area contributed by atoms with Crippen LogP contribution in [-0.2, 0) is 4.79 Å². The van der Waals surface area contributed by atoms with Crippen LogP contribution in [0.25, 0.3) is 0 Å². The summed E-state index contributed by atoms with van der Waals surface area (Å²) in [6.45, 7) is 3.63. The number of carbonyl (C=O) groups excluding carboxylic acids is 2. The van der Waals surface area contributed by atoms with Gasteiger partial charge in [-0.2, -0.15) is 5.26 Å². The molecule has 7 heteroatoms. The third-order valence-corrected chi connectivity index (χ3v) is 9.82. The number of rotatable bonds is 6. The summed E-state index contributed by atoms with van der Waals surface area (Å²) in [5, 5.41) is 16.2. The average Bonchev–Trinajstić information content (AvgIpc) is 3.69. The van der Waals surface area contributed by atoms with Crippen LogP contribution in [0.15, 0.2) is 60.7 Å². The van der Waals surface area contributed by atoms with Gasteiger partial charge in [0.05, 0.1) is 29.2 Å². The Labute approximate surface area is 253 Å². The lowest BCUT2D eigenvalue weighted by Crippen LogP contribution is -2.54. The maximum Gasteiger partial charge on any atom is 0.257 e. The highest BCUT2D eigenvalue weighted by atomic mass is 19.1. The maximum atomic E-state index is 15.3. The lowest BCUT2D eigenvalue weighted by molar-refractivity contribution is -0.125. The Morgan fingerprint density at radius 3 is 2.37 bits per heavy atom. The number of hydrogen-bond donors (Lipinski definition) is 2. The molecule has 43 heavy (non-hydrogen) atoms. The first kappa shape index (κ1) is 28.9. The minimum atomic E-state index is -0.563. The first-order valence-corrected chi connectivity index (χ1v) is 15.6. The van der Waals surface area contributed by atoms with E-state index in [1.807, 2.05) is 42.2 Å². The van der Waals surface area contributed by atoms with E-state index in [0.717, 1.165) is 48.9 Å². The van der Waals surface area contributed by atoms with Gasteiger partial charge < -0.3 is 15.5 Å². The molecule has 3 fully saturated rings. The van der Waals surface area contributed by atoms with Gasteiger partial charge in [-0.1, -0.05) is 49.6 Å². The third kappa shape index (κ3) is 5.76. The molecule has 0 radical (unpaired) electrons. The van der Waals surface area contributed by atoms with E-state index in [-0.39, 0.29) is 29.3 Å². The van der Waals surface area contributed by atoms with Crippen LogP contribution in [0.3, 0.4) is 0 Å². The molecule has 0 bridgehead atoms. The first-order valence-electron chi connectivity index (χ1n) is 15.6. The highest BCUT2D eigenvalue weighted by Crippen LogP contribution is 2.49. The number of anilines is 2. The Morgan fingerprint density at radius 1 is 0.907 bits per heavy atom. The zero-order valence-corrected chi connectivity index (χ0v) is 24.9. The molecule has 1 saturated heterocycles. The van der Waals surface area contributed by atoms with Crippen LogP contribution >= 0.6 is 0 Å². The number of nitriles is 1. The molecule has 2 N–H and O–H groups in total. The number of amides is 2. The number of aryl methyl sites for hydroxylation is 2. The Balaban J connectivity index is 1.40. The fourth-order valence-electron chi connectivity index (χ4n) is 7.60. The van der Waals surface area contributed by atoms with Crippen molar-refractivity contribution in [3.8, 4) is 6.07 Å². The smallest absolute Gasteiger partial charge is 0.257 e. The average molecular weight is 579 g/mol. The normalized spacial score (nSPS) is 23.4. The van der Waals surface area contributed by atoms with E-state index in [1.54, 1.807) is 31.2 Å². The number of benzene rings is 3. The van der Waals surface area contributed by atoms with Crippen LogP contribution in [0, 0.1) is 42.8 Å². The molecule has 2 aliphatic carbocycles. The van der Waals surface area contributed by atoms with Crippen molar-refractivity contribution >= 4 is 23.2 Å². The fraction of sp³-hybridized carbons (Fsp3) is 0.417. The summed E-state index contributed by atoms with van der Waals surface area (Å²) >= 11 is 0. The van der Waals surface area contributed by atoms with Gasteiger partial charge in [0.25, 0.3) is 5.91 Å². The number of carbonyl (C=O) groups is 2. The Bertz CT molecular complexity index is 1540. The van der Waals surface area contributed by atoms with Crippen LogP contribution in [0.4, 0.5) is 15.8 Å². The lowest BCUT2D eigenvalue weighted by Gasteiger charge is -2.48. The van der Waals surface area contributed by atoms with E-state index in [9.17, 15) is 14.9 Å². The minimum absolute atomic E-state index is 0.0681. The molecule has 4 atom stereocenters. The SMILES string of the molecule is Cc1ccc(NC(=O)C2CC3CCCC3N(C(=O)c3c(C)cccc3F)C2c2ccc(NC3CCCC3)cc2)cc1C#N. The summed E-state index contributed by atoms with van der Waals surface area (Å²) in [6, 6.07) is 20.2. The van der Waals surface area contributed by atoms with Crippen molar-refractivity contribution in [2.75, 3.05) is 10.6 Å². The zero-order chi connectivity index (χ0) is 30.1. The van der Waals surface area contributed by atoms with E-state index in [1.165, 1.54) is 18.9 Å².